The van der Waals surface area contributed by atoms with Gasteiger partial charge in [-0.1, -0.05) is 12.1 Å². The lowest BCUT2D eigenvalue weighted by molar-refractivity contribution is -0.120. The molecular weight excluding hydrogens is 218 g/mol. The van der Waals surface area contributed by atoms with E-state index in [1.807, 2.05) is 6.07 Å². The van der Waals surface area contributed by atoms with Crippen LogP contribution in [0.5, 0.6) is 0 Å². The van der Waals surface area contributed by atoms with Gasteiger partial charge in [-0.2, -0.15) is 0 Å². The first-order valence-electron chi connectivity index (χ1n) is 5.41. The number of amides is 3. The molecule has 1 fully saturated rings. The fraction of sp³-hybridized carbons (Fsp3) is 0.333. The highest BCUT2D eigenvalue weighted by Crippen LogP contribution is 2.24. The van der Waals surface area contributed by atoms with Gasteiger partial charge in [-0.05, 0) is 31.5 Å². The van der Waals surface area contributed by atoms with Gasteiger partial charge in [-0.25, -0.2) is 9.69 Å². The Balaban J connectivity index is 2.40. The number of nitrogens with one attached hydrogen (secondary N) is 1. The second kappa shape index (κ2) is 3.85. The predicted octanol–water partition coefficient (Wildman–Crippen LogP) is 0.980. The second-order valence-corrected chi connectivity index (χ2v) is 4.57. The number of nitrogens with zero attached hydrogens (tertiary/aromatic N) is 1. The molecule has 17 heavy (non-hydrogen) atoms. The van der Waals surface area contributed by atoms with Gasteiger partial charge in [0.1, 0.15) is 5.54 Å². The van der Waals surface area contributed by atoms with Gasteiger partial charge in [-0.3, -0.25) is 4.79 Å². The Morgan fingerprint density at radius 1 is 1.35 bits per heavy atom. The van der Waals surface area contributed by atoms with Crippen molar-refractivity contribution in [1.29, 1.82) is 0 Å². The molecule has 5 heteroatoms. The topological polar surface area (TPSA) is 75.4 Å². The molecule has 0 saturated carbocycles. The van der Waals surface area contributed by atoms with Crippen LogP contribution in [0.25, 0.3) is 0 Å². The maximum Gasteiger partial charge on any atom is 0.329 e. The molecule has 1 heterocycles. The Labute approximate surface area is 99.6 Å². The molecule has 3 amide bonds. The van der Waals surface area contributed by atoms with Crippen molar-refractivity contribution in [2.75, 3.05) is 4.90 Å². The van der Waals surface area contributed by atoms with Crippen molar-refractivity contribution in [3.05, 3.63) is 29.8 Å². The van der Waals surface area contributed by atoms with Gasteiger partial charge in [0.2, 0.25) is 0 Å². The van der Waals surface area contributed by atoms with Crippen LogP contribution in [-0.2, 0) is 11.3 Å². The first-order chi connectivity index (χ1) is 7.95. The van der Waals surface area contributed by atoms with Gasteiger partial charge in [-0.15, -0.1) is 0 Å². The maximum absolute atomic E-state index is 12.0. The molecule has 5 nitrogen and oxygen atoms in total. The molecule has 0 aromatic heterocycles. The van der Waals surface area contributed by atoms with Crippen LogP contribution in [0.2, 0.25) is 0 Å². The van der Waals surface area contributed by atoms with Crippen molar-refractivity contribution in [2.24, 2.45) is 5.73 Å². The Morgan fingerprint density at radius 3 is 2.59 bits per heavy atom. The molecule has 3 N–H and O–H groups in total. The number of hydrogen-bond donors (Lipinski definition) is 2. The number of urea groups is 1. The molecule has 0 unspecified atom stereocenters. The van der Waals surface area contributed by atoms with Crippen molar-refractivity contribution in [1.82, 2.24) is 5.32 Å². The molecule has 0 aliphatic carbocycles. The third-order valence-corrected chi connectivity index (χ3v) is 2.76. The summed E-state index contributed by atoms with van der Waals surface area (Å²) in [6.45, 7) is 3.74. The van der Waals surface area contributed by atoms with E-state index >= 15 is 0 Å². The molecule has 0 bridgehead atoms. The first kappa shape index (κ1) is 11.6. The summed E-state index contributed by atoms with van der Waals surface area (Å²) in [6, 6.07) is 6.71. The Morgan fingerprint density at radius 2 is 2.06 bits per heavy atom. The smallest absolute Gasteiger partial charge is 0.326 e. The summed E-state index contributed by atoms with van der Waals surface area (Å²) in [6.07, 6.45) is 0. The summed E-state index contributed by atoms with van der Waals surface area (Å²) in [5, 5.41) is 2.64. The highest BCUT2D eigenvalue weighted by Gasteiger charge is 2.44. The monoisotopic (exact) mass is 233 g/mol. The SMILES string of the molecule is CC1(C)NC(=O)N(c2cccc(CN)c2)C1=O. The van der Waals surface area contributed by atoms with Crippen LogP contribution >= 0.6 is 0 Å². The van der Waals surface area contributed by atoms with Crippen molar-refractivity contribution >= 4 is 17.6 Å². The Kier molecular flexibility index (Phi) is 2.63. The Hall–Kier alpha value is -1.88. The fourth-order valence-electron chi connectivity index (χ4n) is 1.81. The van der Waals surface area contributed by atoms with Crippen molar-refractivity contribution in [2.45, 2.75) is 25.9 Å². The summed E-state index contributed by atoms with van der Waals surface area (Å²) in [5.41, 5.74) is 6.12. The number of carbonyl (C=O) groups excluding carboxylic acids is 2. The van der Waals surface area contributed by atoms with E-state index in [2.05, 4.69) is 5.32 Å². The number of anilines is 1. The highest BCUT2D eigenvalue weighted by atomic mass is 16.2. The minimum Gasteiger partial charge on any atom is -0.326 e. The van der Waals surface area contributed by atoms with Crippen LogP contribution in [0.4, 0.5) is 10.5 Å². The van der Waals surface area contributed by atoms with Gasteiger partial charge in [0.05, 0.1) is 5.69 Å². The number of rotatable bonds is 2. The second-order valence-electron chi connectivity index (χ2n) is 4.57. The molecule has 1 saturated heterocycles. The van der Waals surface area contributed by atoms with Crippen molar-refractivity contribution in [3.63, 3.8) is 0 Å². The number of nitrogens with two attached hydrogens (primary N) is 1. The quantitative estimate of drug-likeness (QED) is 0.748. The molecule has 0 radical (unpaired) electrons. The van der Waals surface area contributed by atoms with Gasteiger partial charge < -0.3 is 11.1 Å². The van der Waals surface area contributed by atoms with Gasteiger partial charge in [0.15, 0.2) is 0 Å². The van der Waals surface area contributed by atoms with Gasteiger partial charge in [0, 0.05) is 6.54 Å². The van der Waals surface area contributed by atoms with E-state index in [0.29, 0.717) is 12.2 Å². The normalized spacial score (nSPS) is 18.4. The Bertz CT molecular complexity index is 482. The minimum atomic E-state index is -0.851. The lowest BCUT2D eigenvalue weighted by atomic mass is 10.1. The molecule has 2 rings (SSSR count). The standard InChI is InChI=1S/C12H15N3O2/c1-12(2)10(16)15(11(17)14-12)9-5-3-4-8(6-9)7-13/h3-6H,7,13H2,1-2H3,(H,14,17). The molecule has 1 aliphatic rings. The van der Waals surface area contributed by atoms with Crippen LogP contribution in [0.3, 0.4) is 0 Å². The van der Waals surface area contributed by atoms with Crippen molar-refractivity contribution in [3.8, 4) is 0 Å². The fourth-order valence-corrected chi connectivity index (χ4v) is 1.81. The van der Waals surface area contributed by atoms with E-state index in [1.54, 1.807) is 32.0 Å². The van der Waals surface area contributed by atoms with E-state index in [9.17, 15) is 9.59 Å². The van der Waals surface area contributed by atoms with Crippen LogP contribution < -0.4 is 16.0 Å². The van der Waals surface area contributed by atoms with E-state index in [4.69, 9.17) is 5.73 Å². The van der Waals surface area contributed by atoms with Crippen molar-refractivity contribution < 1.29 is 9.59 Å². The average Bonchev–Trinajstić information content (AvgIpc) is 2.48. The zero-order valence-corrected chi connectivity index (χ0v) is 9.86. The summed E-state index contributed by atoms with van der Waals surface area (Å²) in [7, 11) is 0. The first-order valence-corrected chi connectivity index (χ1v) is 5.41. The van der Waals surface area contributed by atoms with E-state index in [1.165, 1.54) is 0 Å². The van der Waals surface area contributed by atoms with E-state index in [0.717, 1.165) is 10.5 Å². The zero-order valence-electron chi connectivity index (χ0n) is 9.86. The molecule has 1 aromatic carbocycles. The zero-order chi connectivity index (χ0) is 12.6. The van der Waals surface area contributed by atoms with E-state index in [-0.39, 0.29) is 5.91 Å². The minimum absolute atomic E-state index is 0.253. The van der Waals surface area contributed by atoms with E-state index < -0.39 is 11.6 Å². The van der Waals surface area contributed by atoms with Crippen LogP contribution in [0.15, 0.2) is 24.3 Å². The van der Waals surface area contributed by atoms with Crippen LogP contribution in [0, 0.1) is 0 Å². The summed E-state index contributed by atoms with van der Waals surface area (Å²) in [5.74, 6) is -0.253. The van der Waals surface area contributed by atoms with Gasteiger partial charge in [0.25, 0.3) is 5.91 Å². The molecule has 1 aromatic rings. The number of hydrogen-bond acceptors (Lipinski definition) is 3. The largest absolute Gasteiger partial charge is 0.329 e. The lowest BCUT2D eigenvalue weighted by Crippen LogP contribution is -2.40. The average molecular weight is 233 g/mol. The number of carbonyl (C=O) groups is 2. The molecule has 0 atom stereocenters. The maximum atomic E-state index is 12.0. The number of benzene rings is 1. The molecule has 1 aliphatic heterocycles. The summed E-state index contributed by atoms with van der Waals surface area (Å²) in [4.78, 5) is 25.0. The third-order valence-electron chi connectivity index (χ3n) is 2.76. The molecular formula is C12H15N3O2. The summed E-state index contributed by atoms with van der Waals surface area (Å²) < 4.78 is 0. The highest BCUT2D eigenvalue weighted by molar-refractivity contribution is 6.23. The lowest BCUT2D eigenvalue weighted by Gasteiger charge is -2.16. The predicted molar refractivity (Wildman–Crippen MR) is 64.4 cm³/mol. The third kappa shape index (κ3) is 1.89. The molecule has 0 spiro atoms. The van der Waals surface area contributed by atoms with Crippen LogP contribution in [0.1, 0.15) is 19.4 Å². The molecule has 90 valence electrons. The summed E-state index contributed by atoms with van der Waals surface area (Å²) >= 11 is 0. The number of imide groups is 1. The van der Waals surface area contributed by atoms with Gasteiger partial charge >= 0.3 is 6.03 Å². The van der Waals surface area contributed by atoms with Crippen LogP contribution in [-0.4, -0.2) is 17.5 Å².